The third-order valence-electron chi connectivity index (χ3n) is 3.25. The molecule has 1 aromatic heterocycles. The minimum atomic E-state index is -1.03. The zero-order valence-electron chi connectivity index (χ0n) is 11.9. The van der Waals surface area contributed by atoms with Crippen LogP contribution in [0.3, 0.4) is 0 Å². The monoisotopic (exact) mass is 281 g/mol. The Morgan fingerprint density at radius 2 is 2.15 bits per heavy atom. The fraction of sp³-hybridized carbons (Fsp3) is 0.615. The van der Waals surface area contributed by atoms with Crippen LogP contribution in [0.25, 0.3) is 0 Å². The molecular weight excluding hydrogens is 262 g/mol. The summed E-state index contributed by atoms with van der Waals surface area (Å²) in [7, 11) is 1.69. The molecule has 0 bridgehead atoms. The zero-order chi connectivity index (χ0) is 14.9. The molecule has 110 valence electrons. The number of carbonyl (C=O) groups excluding carboxylic acids is 1. The number of hydrogen-bond acceptors (Lipinski definition) is 4. The van der Waals surface area contributed by atoms with Crippen LogP contribution in [0, 0.1) is 5.92 Å². The first kappa shape index (κ1) is 14.4. The lowest BCUT2D eigenvalue weighted by atomic mass is 10.0. The fourth-order valence-electron chi connectivity index (χ4n) is 2.23. The van der Waals surface area contributed by atoms with Crippen molar-refractivity contribution in [3.05, 3.63) is 17.0 Å². The molecule has 0 saturated heterocycles. The van der Waals surface area contributed by atoms with Gasteiger partial charge in [0.1, 0.15) is 0 Å². The van der Waals surface area contributed by atoms with E-state index in [4.69, 9.17) is 9.84 Å². The van der Waals surface area contributed by atoms with E-state index in [2.05, 4.69) is 5.10 Å². The molecule has 0 aliphatic carbocycles. The molecule has 7 heteroatoms. The first-order chi connectivity index (χ1) is 9.40. The maximum Gasteiger partial charge on any atom is 0.410 e. The molecular formula is C13H19N3O4. The van der Waals surface area contributed by atoms with E-state index in [0.29, 0.717) is 31.7 Å². The van der Waals surface area contributed by atoms with E-state index in [1.807, 2.05) is 13.8 Å². The average molecular weight is 281 g/mol. The van der Waals surface area contributed by atoms with Crippen molar-refractivity contribution in [2.45, 2.75) is 26.8 Å². The molecule has 0 unspecified atom stereocenters. The summed E-state index contributed by atoms with van der Waals surface area (Å²) in [6, 6.07) is 0. The lowest BCUT2D eigenvalue weighted by molar-refractivity contribution is 0.0688. The Bertz CT molecular complexity index is 536. The van der Waals surface area contributed by atoms with E-state index < -0.39 is 5.97 Å². The molecule has 1 amide bonds. The van der Waals surface area contributed by atoms with Gasteiger partial charge in [-0.1, -0.05) is 13.8 Å². The second-order valence-corrected chi connectivity index (χ2v) is 5.34. The van der Waals surface area contributed by atoms with Crippen LogP contribution in [0.5, 0.6) is 0 Å². The Kier molecular flexibility index (Phi) is 3.96. The van der Waals surface area contributed by atoms with E-state index in [0.717, 1.165) is 5.69 Å². The lowest BCUT2D eigenvalue weighted by Gasteiger charge is -2.27. The summed E-state index contributed by atoms with van der Waals surface area (Å²) in [5, 5.41) is 13.1. The first-order valence-electron chi connectivity index (χ1n) is 6.60. The van der Waals surface area contributed by atoms with Crippen molar-refractivity contribution < 1.29 is 19.4 Å². The van der Waals surface area contributed by atoms with Crippen LogP contribution in [0.4, 0.5) is 4.79 Å². The molecule has 0 radical (unpaired) electrons. The summed E-state index contributed by atoms with van der Waals surface area (Å²) >= 11 is 0. The van der Waals surface area contributed by atoms with Gasteiger partial charge in [-0.25, -0.2) is 9.59 Å². The van der Waals surface area contributed by atoms with E-state index in [1.54, 1.807) is 11.9 Å². The van der Waals surface area contributed by atoms with Crippen molar-refractivity contribution in [1.29, 1.82) is 0 Å². The lowest BCUT2D eigenvalue weighted by Crippen LogP contribution is -2.37. The molecule has 0 aromatic carbocycles. The summed E-state index contributed by atoms with van der Waals surface area (Å²) in [6.07, 6.45) is 0.129. The number of carboxylic acid groups (broad SMARTS) is 1. The third-order valence-corrected chi connectivity index (χ3v) is 3.25. The number of amides is 1. The number of aryl methyl sites for hydroxylation is 1. The van der Waals surface area contributed by atoms with E-state index in [1.165, 1.54) is 4.68 Å². The molecule has 2 heterocycles. The molecule has 1 aliphatic heterocycles. The Morgan fingerprint density at radius 1 is 1.45 bits per heavy atom. The van der Waals surface area contributed by atoms with Gasteiger partial charge in [-0.3, -0.25) is 4.68 Å². The molecule has 0 fully saturated rings. The Morgan fingerprint density at radius 3 is 2.75 bits per heavy atom. The standard InChI is InChI=1S/C13H19N3O4/c1-8(2)7-20-13(19)16-5-4-9-10(6-16)15(3)14-11(9)12(17)18/h8H,4-7H2,1-3H3,(H,17,18). The van der Waals surface area contributed by atoms with Crippen molar-refractivity contribution in [2.24, 2.45) is 13.0 Å². The van der Waals surface area contributed by atoms with Crippen LogP contribution in [-0.4, -0.2) is 45.0 Å². The predicted octanol–water partition coefficient (Wildman–Crippen LogP) is 1.27. The number of rotatable bonds is 3. The Balaban J connectivity index is 2.11. The molecule has 2 rings (SSSR count). The fourth-order valence-corrected chi connectivity index (χ4v) is 2.23. The molecule has 7 nitrogen and oxygen atoms in total. The quantitative estimate of drug-likeness (QED) is 0.901. The summed E-state index contributed by atoms with van der Waals surface area (Å²) < 4.78 is 6.72. The highest BCUT2D eigenvalue weighted by Gasteiger charge is 2.29. The smallest absolute Gasteiger partial charge is 0.410 e. The van der Waals surface area contributed by atoms with E-state index in [-0.39, 0.29) is 17.7 Å². The van der Waals surface area contributed by atoms with Gasteiger partial charge in [-0.2, -0.15) is 5.10 Å². The highest BCUT2D eigenvalue weighted by atomic mass is 16.6. The van der Waals surface area contributed by atoms with Gasteiger partial charge in [0.05, 0.1) is 18.8 Å². The third kappa shape index (κ3) is 2.76. The normalized spacial score (nSPS) is 14.3. The van der Waals surface area contributed by atoms with Crippen molar-refractivity contribution in [3.8, 4) is 0 Å². The number of carboxylic acids is 1. The van der Waals surface area contributed by atoms with Crippen LogP contribution < -0.4 is 0 Å². The predicted molar refractivity (Wildman–Crippen MR) is 70.5 cm³/mol. The van der Waals surface area contributed by atoms with Crippen LogP contribution in [0.1, 0.15) is 35.6 Å². The first-order valence-corrected chi connectivity index (χ1v) is 6.60. The zero-order valence-corrected chi connectivity index (χ0v) is 11.9. The number of ether oxygens (including phenoxy) is 1. The number of nitrogens with zero attached hydrogens (tertiary/aromatic N) is 3. The topological polar surface area (TPSA) is 84.7 Å². The van der Waals surface area contributed by atoms with Gasteiger partial charge in [0.2, 0.25) is 0 Å². The number of hydrogen-bond donors (Lipinski definition) is 1. The minimum Gasteiger partial charge on any atom is -0.476 e. The minimum absolute atomic E-state index is 0.0812. The summed E-state index contributed by atoms with van der Waals surface area (Å²) in [5.41, 5.74) is 1.56. The molecule has 1 N–H and O–H groups in total. The van der Waals surface area contributed by atoms with Gasteiger partial charge in [-0.05, 0) is 12.3 Å². The number of aromatic carboxylic acids is 1. The number of fused-ring (bicyclic) bond motifs is 1. The molecule has 1 aliphatic rings. The van der Waals surface area contributed by atoms with E-state index >= 15 is 0 Å². The summed E-state index contributed by atoms with van der Waals surface area (Å²) in [4.78, 5) is 24.6. The maximum absolute atomic E-state index is 11.9. The number of carbonyl (C=O) groups is 2. The molecule has 1 aromatic rings. The van der Waals surface area contributed by atoms with Crippen molar-refractivity contribution in [1.82, 2.24) is 14.7 Å². The van der Waals surface area contributed by atoms with Crippen molar-refractivity contribution >= 4 is 12.1 Å². The van der Waals surface area contributed by atoms with Crippen molar-refractivity contribution in [3.63, 3.8) is 0 Å². The van der Waals surface area contributed by atoms with Gasteiger partial charge in [0.15, 0.2) is 5.69 Å². The SMILES string of the molecule is CC(C)COC(=O)N1CCc2c(C(=O)O)nn(C)c2C1. The van der Waals surface area contributed by atoms with Gasteiger partial charge in [0, 0.05) is 19.2 Å². The molecule has 20 heavy (non-hydrogen) atoms. The van der Waals surface area contributed by atoms with Crippen LogP contribution in [0.2, 0.25) is 0 Å². The number of aromatic nitrogens is 2. The maximum atomic E-state index is 11.9. The van der Waals surface area contributed by atoms with Crippen LogP contribution >= 0.6 is 0 Å². The summed E-state index contributed by atoms with van der Waals surface area (Å²) in [6.45, 7) is 5.12. The van der Waals surface area contributed by atoms with Crippen LogP contribution in [-0.2, 0) is 24.8 Å². The highest BCUT2D eigenvalue weighted by Crippen LogP contribution is 2.22. The summed E-state index contributed by atoms with van der Waals surface area (Å²) in [5.74, 6) is -0.743. The van der Waals surface area contributed by atoms with Gasteiger partial charge in [0.25, 0.3) is 0 Å². The largest absolute Gasteiger partial charge is 0.476 e. The van der Waals surface area contributed by atoms with Gasteiger partial charge in [-0.15, -0.1) is 0 Å². The van der Waals surface area contributed by atoms with Gasteiger partial charge < -0.3 is 14.7 Å². The molecule has 0 saturated carbocycles. The highest BCUT2D eigenvalue weighted by molar-refractivity contribution is 5.87. The van der Waals surface area contributed by atoms with Gasteiger partial charge >= 0.3 is 12.1 Å². The Labute approximate surface area is 117 Å². The van der Waals surface area contributed by atoms with Crippen LogP contribution in [0.15, 0.2) is 0 Å². The van der Waals surface area contributed by atoms with Crippen molar-refractivity contribution in [2.75, 3.05) is 13.2 Å². The van der Waals surface area contributed by atoms with E-state index in [9.17, 15) is 9.59 Å². The average Bonchev–Trinajstić information content (AvgIpc) is 2.73. The Hall–Kier alpha value is -2.05. The molecule has 0 atom stereocenters. The second-order valence-electron chi connectivity index (χ2n) is 5.34. The molecule has 0 spiro atoms. The second kappa shape index (κ2) is 5.52.